The van der Waals surface area contributed by atoms with Gasteiger partial charge < -0.3 is 20.4 Å². The molecule has 0 radical (unpaired) electrons. The number of hydrogen-bond donors (Lipinski definition) is 2. The van der Waals surface area contributed by atoms with Crippen LogP contribution in [0.15, 0.2) is 30.3 Å². The van der Waals surface area contributed by atoms with Crippen LogP contribution < -0.4 is 10.6 Å². The van der Waals surface area contributed by atoms with Crippen LogP contribution in [0.4, 0.5) is 5.69 Å². The molecule has 182 valence electrons. The number of nitrogens with zero attached hydrogens (tertiary/aromatic N) is 4. The number of hydrogen-bond acceptors (Lipinski definition) is 7. The summed E-state index contributed by atoms with van der Waals surface area (Å²) in [4.78, 5) is 42.2. The summed E-state index contributed by atoms with van der Waals surface area (Å²) in [5.74, 6) is -0.889. The van der Waals surface area contributed by atoms with Gasteiger partial charge in [0.15, 0.2) is 0 Å². The zero-order chi connectivity index (χ0) is 23.8. The summed E-state index contributed by atoms with van der Waals surface area (Å²) in [5.41, 5.74) is 0.649. The minimum atomic E-state index is -0.400. The lowest BCUT2D eigenvalue weighted by Crippen LogP contribution is -2.45. The molecule has 0 spiro atoms. The average molecular weight is 485 g/mol. The highest BCUT2D eigenvalue weighted by atomic mass is 32.1. The number of amides is 3. The number of likely N-dealkylation sites (tertiary alicyclic amines) is 2. The third kappa shape index (κ3) is 6.60. The van der Waals surface area contributed by atoms with E-state index in [1.165, 1.54) is 19.3 Å². The summed E-state index contributed by atoms with van der Waals surface area (Å²) in [7, 11) is 0. The molecule has 2 fully saturated rings. The van der Waals surface area contributed by atoms with Crippen molar-refractivity contribution in [2.24, 2.45) is 5.92 Å². The van der Waals surface area contributed by atoms with Crippen molar-refractivity contribution in [1.82, 2.24) is 25.3 Å². The maximum Gasteiger partial charge on any atom is 0.286 e. The molecule has 2 aliphatic rings. The zero-order valence-electron chi connectivity index (χ0n) is 19.4. The molecule has 4 rings (SSSR count). The molecule has 3 heterocycles. The number of para-hydroxylation sites is 1. The number of benzene rings is 1. The maximum atomic E-state index is 13.0. The van der Waals surface area contributed by atoms with Gasteiger partial charge in [0.1, 0.15) is 0 Å². The minimum absolute atomic E-state index is 0.0105. The van der Waals surface area contributed by atoms with E-state index in [0.29, 0.717) is 25.3 Å². The molecular weight excluding hydrogens is 452 g/mol. The second kappa shape index (κ2) is 12.0. The van der Waals surface area contributed by atoms with Gasteiger partial charge in [-0.1, -0.05) is 36.0 Å². The molecule has 2 N–H and O–H groups in total. The number of nitrogens with one attached hydrogen (secondary N) is 2. The Kier molecular flexibility index (Phi) is 8.59. The van der Waals surface area contributed by atoms with Gasteiger partial charge in [0.05, 0.1) is 5.92 Å². The van der Waals surface area contributed by atoms with E-state index in [9.17, 15) is 14.4 Å². The third-order valence-electron chi connectivity index (χ3n) is 6.31. The van der Waals surface area contributed by atoms with E-state index in [0.717, 1.165) is 50.2 Å². The molecule has 0 bridgehead atoms. The molecule has 3 amide bonds. The maximum absolute atomic E-state index is 13.0. The number of aromatic nitrogens is 2. The molecule has 0 saturated carbocycles. The van der Waals surface area contributed by atoms with Crippen LogP contribution in [0.2, 0.25) is 0 Å². The van der Waals surface area contributed by atoms with Crippen molar-refractivity contribution < 1.29 is 14.4 Å². The fourth-order valence-corrected chi connectivity index (χ4v) is 5.17. The van der Waals surface area contributed by atoms with E-state index in [4.69, 9.17) is 0 Å². The van der Waals surface area contributed by atoms with E-state index >= 15 is 0 Å². The standard InChI is InChI=1S/C24H32N6O3S/c31-20(25-12-8-15-29-13-5-2-6-14-29)18-9-7-16-30(17-18)24(33)23-28-27-22(34-23)21(32)26-19-10-3-1-4-11-19/h1,3-4,10-11,18H,2,5-9,12-17H2,(H,25,31)(H,26,32). The van der Waals surface area contributed by atoms with E-state index < -0.39 is 5.91 Å². The Morgan fingerprint density at radius 3 is 2.53 bits per heavy atom. The van der Waals surface area contributed by atoms with Crippen LogP contribution in [0.3, 0.4) is 0 Å². The van der Waals surface area contributed by atoms with Crippen LogP contribution in [0.5, 0.6) is 0 Å². The second-order valence-electron chi connectivity index (χ2n) is 8.87. The highest BCUT2D eigenvalue weighted by Gasteiger charge is 2.30. The Hall–Kier alpha value is -2.85. The van der Waals surface area contributed by atoms with Gasteiger partial charge in [-0.3, -0.25) is 14.4 Å². The molecule has 1 atom stereocenters. The fourth-order valence-electron chi connectivity index (χ4n) is 4.46. The smallest absolute Gasteiger partial charge is 0.286 e. The monoisotopic (exact) mass is 484 g/mol. The van der Waals surface area contributed by atoms with Gasteiger partial charge in [-0.15, -0.1) is 10.2 Å². The van der Waals surface area contributed by atoms with Gasteiger partial charge in [-0.2, -0.15) is 0 Å². The fraction of sp³-hybridized carbons (Fsp3) is 0.542. The number of rotatable bonds is 8. The Labute approximate surface area is 203 Å². The normalized spacial score (nSPS) is 18.9. The predicted molar refractivity (Wildman–Crippen MR) is 131 cm³/mol. The molecule has 1 aromatic carbocycles. The van der Waals surface area contributed by atoms with Crippen LogP contribution in [0.25, 0.3) is 0 Å². The summed E-state index contributed by atoms with van der Waals surface area (Å²) < 4.78 is 0. The molecule has 2 aromatic rings. The Balaban J connectivity index is 1.24. The van der Waals surface area contributed by atoms with Crippen molar-refractivity contribution in [2.45, 2.75) is 38.5 Å². The quantitative estimate of drug-likeness (QED) is 0.558. The molecule has 10 heteroatoms. The lowest BCUT2D eigenvalue weighted by atomic mass is 9.97. The van der Waals surface area contributed by atoms with Gasteiger partial charge in [0.25, 0.3) is 11.8 Å². The van der Waals surface area contributed by atoms with Crippen molar-refractivity contribution in [2.75, 3.05) is 44.6 Å². The SMILES string of the molecule is O=C(Nc1ccccc1)c1nnc(C(=O)N2CCCC(C(=O)NCCCN3CCCCC3)C2)s1. The number of carbonyl (C=O) groups is 3. The third-order valence-corrected chi connectivity index (χ3v) is 7.22. The average Bonchev–Trinajstić information content (AvgIpc) is 3.38. The molecule has 2 aliphatic heterocycles. The van der Waals surface area contributed by atoms with Gasteiger partial charge in [-0.25, -0.2) is 0 Å². The van der Waals surface area contributed by atoms with Crippen molar-refractivity contribution >= 4 is 34.7 Å². The first kappa shape index (κ1) is 24.3. The lowest BCUT2D eigenvalue weighted by Gasteiger charge is -2.31. The van der Waals surface area contributed by atoms with E-state index in [2.05, 4.69) is 25.7 Å². The number of anilines is 1. The summed E-state index contributed by atoms with van der Waals surface area (Å²) in [5, 5.41) is 13.9. The molecule has 2 saturated heterocycles. The minimum Gasteiger partial charge on any atom is -0.356 e. The Morgan fingerprint density at radius 1 is 0.971 bits per heavy atom. The largest absolute Gasteiger partial charge is 0.356 e. The molecular formula is C24H32N6O3S. The van der Waals surface area contributed by atoms with Crippen LogP contribution in [0.1, 0.15) is 58.1 Å². The highest BCUT2D eigenvalue weighted by molar-refractivity contribution is 7.15. The highest BCUT2D eigenvalue weighted by Crippen LogP contribution is 2.21. The molecule has 1 aromatic heterocycles. The van der Waals surface area contributed by atoms with Crippen LogP contribution in [-0.2, 0) is 4.79 Å². The second-order valence-corrected chi connectivity index (χ2v) is 9.85. The van der Waals surface area contributed by atoms with Gasteiger partial charge in [-0.05, 0) is 63.9 Å². The van der Waals surface area contributed by atoms with E-state index in [1.54, 1.807) is 17.0 Å². The van der Waals surface area contributed by atoms with Crippen LogP contribution in [0, 0.1) is 5.92 Å². The predicted octanol–water partition coefficient (Wildman–Crippen LogP) is 2.63. The summed E-state index contributed by atoms with van der Waals surface area (Å²) in [6, 6.07) is 9.05. The lowest BCUT2D eigenvalue weighted by molar-refractivity contribution is -0.126. The summed E-state index contributed by atoms with van der Waals surface area (Å²) >= 11 is 0.971. The number of carbonyl (C=O) groups excluding carboxylic acids is 3. The van der Waals surface area contributed by atoms with Gasteiger partial charge in [0.2, 0.25) is 15.9 Å². The van der Waals surface area contributed by atoms with Crippen molar-refractivity contribution in [1.29, 1.82) is 0 Å². The first-order chi connectivity index (χ1) is 16.6. The van der Waals surface area contributed by atoms with Gasteiger partial charge in [0, 0.05) is 25.3 Å². The van der Waals surface area contributed by atoms with Crippen molar-refractivity contribution in [3.05, 3.63) is 40.3 Å². The molecule has 0 aliphatic carbocycles. The first-order valence-corrected chi connectivity index (χ1v) is 12.9. The topological polar surface area (TPSA) is 108 Å². The Bertz CT molecular complexity index is 976. The Morgan fingerprint density at radius 2 is 1.74 bits per heavy atom. The molecule has 9 nitrogen and oxygen atoms in total. The van der Waals surface area contributed by atoms with Crippen molar-refractivity contribution in [3.8, 4) is 0 Å². The van der Waals surface area contributed by atoms with Crippen LogP contribution in [-0.4, -0.2) is 77.0 Å². The summed E-state index contributed by atoms with van der Waals surface area (Å²) in [6.07, 6.45) is 6.33. The van der Waals surface area contributed by atoms with Gasteiger partial charge >= 0.3 is 0 Å². The zero-order valence-corrected chi connectivity index (χ0v) is 20.2. The van der Waals surface area contributed by atoms with E-state index in [-0.39, 0.29) is 27.7 Å². The van der Waals surface area contributed by atoms with Crippen LogP contribution >= 0.6 is 11.3 Å². The number of piperidine rings is 2. The summed E-state index contributed by atoms with van der Waals surface area (Å²) in [6.45, 7) is 4.94. The van der Waals surface area contributed by atoms with Crippen molar-refractivity contribution in [3.63, 3.8) is 0 Å². The van der Waals surface area contributed by atoms with E-state index in [1.807, 2.05) is 18.2 Å². The molecule has 1 unspecified atom stereocenters. The first-order valence-electron chi connectivity index (χ1n) is 12.1. The molecule has 34 heavy (non-hydrogen) atoms.